The van der Waals surface area contributed by atoms with Gasteiger partial charge in [0.1, 0.15) is 0 Å². The Bertz CT molecular complexity index is 835. The Morgan fingerprint density at radius 1 is 1.36 bits per heavy atom. The molecule has 132 valence electrons. The molecular weight excluding hydrogens is 356 g/mol. The molecule has 1 saturated heterocycles. The largest absolute Gasteiger partial charge is 0.376 e. The Labute approximate surface area is 154 Å². The number of ether oxygens (including phenoxy) is 1. The normalized spacial score (nSPS) is 17.4. The monoisotopic (exact) mass is 376 g/mol. The van der Waals surface area contributed by atoms with Gasteiger partial charge < -0.3 is 13.8 Å². The summed E-state index contributed by atoms with van der Waals surface area (Å²) in [5.41, 5.74) is 3.25. The van der Waals surface area contributed by atoms with E-state index in [0.717, 1.165) is 42.4 Å². The minimum absolute atomic E-state index is 0.292. The van der Waals surface area contributed by atoms with Crippen LogP contribution in [-0.4, -0.2) is 32.4 Å². The van der Waals surface area contributed by atoms with Crippen molar-refractivity contribution < 1.29 is 9.26 Å². The van der Waals surface area contributed by atoms with Crippen LogP contribution in [0, 0.1) is 13.8 Å². The molecule has 0 spiro atoms. The second kappa shape index (κ2) is 7.31. The molecule has 25 heavy (non-hydrogen) atoms. The summed E-state index contributed by atoms with van der Waals surface area (Å²) in [6, 6.07) is 1.99. The molecule has 1 fully saturated rings. The fraction of sp³-hybridized carbons (Fsp3) is 0.471. The van der Waals surface area contributed by atoms with Crippen molar-refractivity contribution in [3.05, 3.63) is 34.1 Å². The number of rotatable bonds is 6. The molecule has 1 atom stereocenters. The number of thiophene rings is 1. The van der Waals surface area contributed by atoms with Gasteiger partial charge in [-0.3, -0.25) is 0 Å². The van der Waals surface area contributed by atoms with Crippen LogP contribution in [0.25, 0.3) is 11.4 Å². The number of nitrogens with zero attached hydrogens (tertiary/aromatic N) is 4. The minimum atomic E-state index is 0.292. The van der Waals surface area contributed by atoms with Crippen LogP contribution in [0.5, 0.6) is 0 Å². The maximum Gasteiger partial charge on any atom is 0.237 e. The summed E-state index contributed by atoms with van der Waals surface area (Å²) in [7, 11) is 0. The molecule has 4 heterocycles. The lowest BCUT2D eigenvalue weighted by molar-refractivity contribution is 0.0945. The average molecular weight is 377 g/mol. The van der Waals surface area contributed by atoms with Gasteiger partial charge in [0.25, 0.3) is 0 Å². The van der Waals surface area contributed by atoms with Crippen LogP contribution in [0.2, 0.25) is 0 Å². The summed E-state index contributed by atoms with van der Waals surface area (Å²) in [4.78, 5) is 9.18. The van der Waals surface area contributed by atoms with Crippen molar-refractivity contribution >= 4 is 23.1 Å². The Kier molecular flexibility index (Phi) is 4.91. The van der Waals surface area contributed by atoms with Gasteiger partial charge >= 0.3 is 0 Å². The van der Waals surface area contributed by atoms with E-state index in [1.165, 1.54) is 5.69 Å². The second-order valence-corrected chi connectivity index (χ2v) is 7.85. The van der Waals surface area contributed by atoms with Gasteiger partial charge in [0.05, 0.1) is 24.1 Å². The first-order valence-electron chi connectivity index (χ1n) is 8.34. The smallest absolute Gasteiger partial charge is 0.237 e. The van der Waals surface area contributed by atoms with E-state index in [0.29, 0.717) is 23.6 Å². The zero-order valence-electron chi connectivity index (χ0n) is 14.3. The predicted molar refractivity (Wildman–Crippen MR) is 97.8 cm³/mol. The summed E-state index contributed by atoms with van der Waals surface area (Å²) < 4.78 is 13.4. The lowest BCUT2D eigenvalue weighted by atomic mass is 10.2. The maximum absolute atomic E-state index is 5.79. The Hall–Kier alpha value is -1.64. The van der Waals surface area contributed by atoms with Gasteiger partial charge in [-0.2, -0.15) is 16.3 Å². The van der Waals surface area contributed by atoms with Crippen LogP contribution in [0.1, 0.15) is 30.1 Å². The average Bonchev–Trinajstić information content (AvgIpc) is 3.38. The first-order chi connectivity index (χ1) is 12.2. The highest BCUT2D eigenvalue weighted by Gasteiger charge is 2.21. The molecule has 8 heteroatoms. The summed E-state index contributed by atoms with van der Waals surface area (Å²) in [5, 5.41) is 9.07. The van der Waals surface area contributed by atoms with Crippen LogP contribution in [0.4, 0.5) is 0 Å². The SMILES string of the molecule is Cc1nc(SCc2nc(-c3ccsc3)no2)n(C[C@H]2CCCO2)c1C. The first kappa shape index (κ1) is 16.8. The quantitative estimate of drug-likeness (QED) is 0.604. The van der Waals surface area contributed by atoms with Gasteiger partial charge in [-0.05, 0) is 38.1 Å². The van der Waals surface area contributed by atoms with E-state index in [4.69, 9.17) is 14.2 Å². The van der Waals surface area contributed by atoms with Crippen molar-refractivity contribution in [1.82, 2.24) is 19.7 Å². The van der Waals surface area contributed by atoms with Gasteiger partial charge in [-0.15, -0.1) is 0 Å². The molecular formula is C17H20N4O2S2. The van der Waals surface area contributed by atoms with Crippen molar-refractivity contribution in [1.29, 1.82) is 0 Å². The van der Waals surface area contributed by atoms with E-state index in [2.05, 4.69) is 21.6 Å². The molecule has 1 aliphatic heterocycles. The molecule has 0 radical (unpaired) electrons. The van der Waals surface area contributed by atoms with Gasteiger partial charge in [0.15, 0.2) is 5.16 Å². The zero-order chi connectivity index (χ0) is 17.2. The van der Waals surface area contributed by atoms with Crippen molar-refractivity contribution in [3.8, 4) is 11.4 Å². The summed E-state index contributed by atoms with van der Waals surface area (Å²) >= 11 is 3.25. The molecule has 0 saturated carbocycles. The lowest BCUT2D eigenvalue weighted by Gasteiger charge is -2.14. The highest BCUT2D eigenvalue weighted by atomic mass is 32.2. The lowest BCUT2D eigenvalue weighted by Crippen LogP contribution is -2.16. The fourth-order valence-corrected chi connectivity index (χ4v) is 4.46. The highest BCUT2D eigenvalue weighted by Crippen LogP contribution is 2.27. The third-order valence-corrected chi connectivity index (χ3v) is 6.05. The minimum Gasteiger partial charge on any atom is -0.376 e. The Morgan fingerprint density at radius 2 is 2.28 bits per heavy atom. The van der Waals surface area contributed by atoms with E-state index >= 15 is 0 Å². The number of hydrogen-bond donors (Lipinski definition) is 0. The van der Waals surface area contributed by atoms with Gasteiger partial charge in [-0.1, -0.05) is 16.9 Å². The second-order valence-electron chi connectivity index (χ2n) is 6.12. The molecule has 0 amide bonds. The van der Waals surface area contributed by atoms with Crippen LogP contribution in [-0.2, 0) is 17.0 Å². The van der Waals surface area contributed by atoms with E-state index in [-0.39, 0.29) is 0 Å². The van der Waals surface area contributed by atoms with Gasteiger partial charge in [-0.25, -0.2) is 4.98 Å². The molecule has 0 aliphatic carbocycles. The van der Waals surface area contributed by atoms with Crippen molar-refractivity contribution in [2.24, 2.45) is 0 Å². The summed E-state index contributed by atoms with van der Waals surface area (Å²) in [6.07, 6.45) is 2.56. The van der Waals surface area contributed by atoms with E-state index in [1.54, 1.807) is 23.1 Å². The third-order valence-electron chi connectivity index (χ3n) is 4.41. The molecule has 0 aromatic carbocycles. The zero-order valence-corrected chi connectivity index (χ0v) is 15.9. The van der Waals surface area contributed by atoms with Gasteiger partial charge in [0, 0.05) is 23.2 Å². The van der Waals surface area contributed by atoms with Crippen LogP contribution in [0.15, 0.2) is 26.5 Å². The number of thioether (sulfide) groups is 1. The van der Waals surface area contributed by atoms with Gasteiger partial charge in [0.2, 0.25) is 11.7 Å². The van der Waals surface area contributed by atoms with E-state index in [9.17, 15) is 0 Å². The van der Waals surface area contributed by atoms with E-state index < -0.39 is 0 Å². The molecule has 3 aromatic rings. The highest BCUT2D eigenvalue weighted by molar-refractivity contribution is 7.98. The summed E-state index contributed by atoms with van der Waals surface area (Å²) in [6.45, 7) is 5.89. The number of imidazole rings is 1. The third kappa shape index (κ3) is 3.65. The molecule has 0 N–H and O–H groups in total. The van der Waals surface area contributed by atoms with Crippen LogP contribution < -0.4 is 0 Å². The van der Waals surface area contributed by atoms with Crippen molar-refractivity contribution in [2.75, 3.05) is 6.61 Å². The number of aryl methyl sites for hydroxylation is 1. The summed E-state index contributed by atoms with van der Waals surface area (Å²) in [5.74, 6) is 1.87. The number of aromatic nitrogens is 4. The molecule has 3 aromatic heterocycles. The van der Waals surface area contributed by atoms with E-state index in [1.807, 2.05) is 23.8 Å². The van der Waals surface area contributed by atoms with Crippen molar-refractivity contribution in [2.45, 2.75) is 50.2 Å². The molecule has 0 bridgehead atoms. The topological polar surface area (TPSA) is 66.0 Å². The maximum atomic E-state index is 5.79. The van der Waals surface area contributed by atoms with Crippen LogP contribution in [0.3, 0.4) is 0 Å². The predicted octanol–water partition coefficient (Wildman–Crippen LogP) is 4.08. The molecule has 0 unspecified atom stereocenters. The fourth-order valence-electron chi connectivity index (χ4n) is 2.89. The molecule has 6 nitrogen and oxygen atoms in total. The number of hydrogen-bond acceptors (Lipinski definition) is 7. The molecule has 4 rings (SSSR count). The van der Waals surface area contributed by atoms with Crippen molar-refractivity contribution in [3.63, 3.8) is 0 Å². The first-order valence-corrected chi connectivity index (χ1v) is 10.3. The Morgan fingerprint density at radius 3 is 3.04 bits per heavy atom. The Balaban J connectivity index is 1.46. The molecule has 1 aliphatic rings. The standard InChI is InChI=1S/C17H20N4O2S2/c1-11-12(2)21(8-14-4-3-6-22-14)17(18-11)25-10-15-19-16(20-23-15)13-5-7-24-9-13/h5,7,9,14H,3-4,6,8,10H2,1-2H3/t14-/m1/s1. The van der Waals surface area contributed by atoms with Crippen LogP contribution >= 0.6 is 23.1 Å².